The van der Waals surface area contributed by atoms with Gasteiger partial charge in [0.25, 0.3) is 5.56 Å². The number of nitrogens with two attached hydrogens (primary N) is 1. The van der Waals surface area contributed by atoms with E-state index >= 15 is 0 Å². The average molecular weight is 388 g/mol. The molecular weight excluding hydrogens is 362 g/mol. The van der Waals surface area contributed by atoms with Gasteiger partial charge >= 0.3 is 0 Å². The summed E-state index contributed by atoms with van der Waals surface area (Å²) in [6, 6.07) is 5.62. The Hall–Kier alpha value is -2.03. The van der Waals surface area contributed by atoms with Crippen LogP contribution in [0.4, 0.5) is 0 Å². The molecule has 1 aliphatic carbocycles. The number of H-pyrrole nitrogens is 1. The molecule has 0 amide bonds. The Morgan fingerprint density at radius 1 is 1.37 bits per heavy atom. The summed E-state index contributed by atoms with van der Waals surface area (Å²) in [5.74, 6) is 0.528. The predicted molar refractivity (Wildman–Crippen MR) is 108 cm³/mol. The fraction of sp³-hybridized carbons (Fsp3) is 0.524. The van der Waals surface area contributed by atoms with Crippen LogP contribution in [0, 0.1) is 16.7 Å². The molecule has 0 saturated heterocycles. The lowest BCUT2D eigenvalue weighted by atomic mass is 9.66. The van der Waals surface area contributed by atoms with Crippen molar-refractivity contribution in [2.75, 3.05) is 0 Å². The summed E-state index contributed by atoms with van der Waals surface area (Å²) in [5.41, 5.74) is 6.73. The van der Waals surface area contributed by atoms with Crippen LogP contribution in [-0.4, -0.2) is 17.1 Å². The SMILES string of the molecule is CC[C@@H](N)[C@]1(CC)CC[C@@H](Oc2cc3c(C#N)c[nH]c(=O)c3cc2Cl)CC1. The van der Waals surface area contributed by atoms with Gasteiger partial charge in [0.05, 0.1) is 22.1 Å². The molecule has 3 N–H and O–H groups in total. The van der Waals surface area contributed by atoms with Crippen molar-refractivity contribution < 1.29 is 4.74 Å². The second-order valence-electron chi connectivity index (χ2n) is 7.52. The lowest BCUT2D eigenvalue weighted by molar-refractivity contribution is 0.0569. The second-order valence-corrected chi connectivity index (χ2v) is 7.93. The first-order valence-electron chi connectivity index (χ1n) is 9.61. The first kappa shape index (κ1) is 19.7. The molecule has 0 bridgehead atoms. The van der Waals surface area contributed by atoms with E-state index in [0.29, 0.717) is 27.1 Å². The molecule has 0 radical (unpaired) electrons. The number of hydrogen-bond donors (Lipinski definition) is 2. The molecule has 0 unspecified atom stereocenters. The summed E-state index contributed by atoms with van der Waals surface area (Å²) in [5, 5.41) is 10.7. The van der Waals surface area contributed by atoms with Gasteiger partial charge in [0, 0.05) is 17.6 Å². The monoisotopic (exact) mass is 387 g/mol. The van der Waals surface area contributed by atoms with Gasteiger partial charge < -0.3 is 15.5 Å². The number of halogens is 1. The molecule has 1 heterocycles. The highest BCUT2D eigenvalue weighted by Gasteiger charge is 2.38. The number of pyridine rings is 1. The molecule has 1 saturated carbocycles. The van der Waals surface area contributed by atoms with Gasteiger partial charge in [-0.2, -0.15) is 5.26 Å². The van der Waals surface area contributed by atoms with Gasteiger partial charge in [-0.25, -0.2) is 0 Å². The zero-order chi connectivity index (χ0) is 19.6. The molecule has 5 nitrogen and oxygen atoms in total. The third kappa shape index (κ3) is 3.69. The largest absolute Gasteiger partial charge is 0.489 e. The molecule has 1 aromatic carbocycles. The average Bonchev–Trinajstić information content (AvgIpc) is 2.69. The molecule has 3 rings (SSSR count). The maximum Gasteiger partial charge on any atom is 0.255 e. The van der Waals surface area contributed by atoms with Crippen LogP contribution in [0.25, 0.3) is 10.8 Å². The Balaban J connectivity index is 1.83. The minimum absolute atomic E-state index is 0.0659. The number of nitriles is 1. The van der Waals surface area contributed by atoms with E-state index in [1.165, 1.54) is 6.20 Å². The molecule has 6 heteroatoms. The van der Waals surface area contributed by atoms with Gasteiger partial charge in [-0.1, -0.05) is 25.4 Å². The molecule has 2 aromatic rings. The normalized spacial score (nSPS) is 23.7. The third-order valence-electron chi connectivity index (χ3n) is 6.23. The maximum atomic E-state index is 12.0. The lowest BCUT2D eigenvalue weighted by Gasteiger charge is -2.43. The highest BCUT2D eigenvalue weighted by atomic mass is 35.5. The van der Waals surface area contributed by atoms with Gasteiger partial charge in [0.2, 0.25) is 0 Å². The van der Waals surface area contributed by atoms with Crippen LogP contribution in [0.15, 0.2) is 23.1 Å². The van der Waals surface area contributed by atoms with Crippen LogP contribution < -0.4 is 16.0 Å². The minimum Gasteiger partial charge on any atom is -0.489 e. The quantitative estimate of drug-likeness (QED) is 0.789. The van der Waals surface area contributed by atoms with Crippen molar-refractivity contribution in [3.05, 3.63) is 39.3 Å². The van der Waals surface area contributed by atoms with Crippen molar-refractivity contribution in [2.24, 2.45) is 11.1 Å². The van der Waals surface area contributed by atoms with E-state index in [-0.39, 0.29) is 23.1 Å². The van der Waals surface area contributed by atoms with Crippen LogP contribution in [0.5, 0.6) is 5.75 Å². The standard InChI is InChI=1S/C21H26ClN3O2/c1-3-19(24)21(4-2)7-5-14(6-8-21)27-18-10-15-13(11-23)12-25-20(26)16(15)9-17(18)22/h9-10,12,14,19H,3-8,24H2,1-2H3,(H,25,26)/t14-,19-,21-/m1/s1. The minimum atomic E-state index is -0.267. The molecule has 0 spiro atoms. The van der Waals surface area contributed by atoms with Crippen LogP contribution in [0.2, 0.25) is 5.02 Å². The second kappa shape index (κ2) is 7.92. The van der Waals surface area contributed by atoms with Crippen LogP contribution in [0.1, 0.15) is 57.9 Å². The van der Waals surface area contributed by atoms with Crippen molar-refractivity contribution in [3.8, 4) is 11.8 Å². The molecule has 1 fully saturated rings. The summed E-state index contributed by atoms with van der Waals surface area (Å²) >= 11 is 6.37. The Kier molecular flexibility index (Phi) is 5.78. The third-order valence-corrected chi connectivity index (χ3v) is 6.52. The zero-order valence-corrected chi connectivity index (χ0v) is 16.6. The molecule has 144 valence electrons. The molecule has 1 aliphatic rings. The van der Waals surface area contributed by atoms with Gasteiger partial charge in [0.1, 0.15) is 11.8 Å². The highest BCUT2D eigenvalue weighted by Crippen LogP contribution is 2.44. The molecule has 1 atom stereocenters. The predicted octanol–water partition coefficient (Wildman–Crippen LogP) is 4.51. The number of nitrogens with zero attached hydrogens (tertiary/aromatic N) is 1. The van der Waals surface area contributed by atoms with Gasteiger partial charge in [-0.15, -0.1) is 0 Å². The summed E-state index contributed by atoms with van der Waals surface area (Å²) in [7, 11) is 0. The first-order valence-corrected chi connectivity index (χ1v) is 9.99. The zero-order valence-electron chi connectivity index (χ0n) is 15.8. The van der Waals surface area contributed by atoms with Crippen molar-refractivity contribution in [2.45, 2.75) is 64.5 Å². The van der Waals surface area contributed by atoms with Crippen molar-refractivity contribution in [3.63, 3.8) is 0 Å². The summed E-state index contributed by atoms with van der Waals surface area (Å²) in [6.07, 6.45) is 7.49. The summed E-state index contributed by atoms with van der Waals surface area (Å²) in [4.78, 5) is 14.6. The molecule has 1 aromatic heterocycles. The van der Waals surface area contributed by atoms with Crippen LogP contribution >= 0.6 is 11.6 Å². The van der Waals surface area contributed by atoms with Gasteiger partial charge in [-0.3, -0.25) is 4.79 Å². The summed E-state index contributed by atoms with van der Waals surface area (Å²) in [6.45, 7) is 4.37. The Morgan fingerprint density at radius 3 is 2.67 bits per heavy atom. The number of nitrogens with one attached hydrogen (secondary N) is 1. The summed E-state index contributed by atoms with van der Waals surface area (Å²) < 4.78 is 6.19. The van der Waals surface area contributed by atoms with E-state index in [1.54, 1.807) is 12.1 Å². The fourth-order valence-electron chi connectivity index (χ4n) is 4.32. The smallest absolute Gasteiger partial charge is 0.255 e. The number of ether oxygens (including phenoxy) is 1. The van der Waals surface area contributed by atoms with E-state index < -0.39 is 0 Å². The number of aromatic nitrogens is 1. The van der Waals surface area contributed by atoms with Crippen molar-refractivity contribution >= 4 is 22.4 Å². The number of fused-ring (bicyclic) bond motifs is 1. The van der Waals surface area contributed by atoms with Crippen LogP contribution in [-0.2, 0) is 0 Å². The van der Waals surface area contributed by atoms with Gasteiger partial charge in [0.15, 0.2) is 0 Å². The molecular formula is C21H26ClN3O2. The van der Waals surface area contributed by atoms with E-state index in [0.717, 1.165) is 38.5 Å². The molecule has 27 heavy (non-hydrogen) atoms. The Labute approximate surface area is 164 Å². The number of aromatic amines is 1. The number of rotatable bonds is 5. The number of hydrogen-bond acceptors (Lipinski definition) is 4. The number of benzene rings is 1. The Morgan fingerprint density at radius 2 is 2.07 bits per heavy atom. The fourth-order valence-corrected chi connectivity index (χ4v) is 4.53. The first-order chi connectivity index (χ1) is 12.9. The van der Waals surface area contributed by atoms with Gasteiger partial charge in [-0.05, 0) is 56.1 Å². The van der Waals surface area contributed by atoms with E-state index in [1.807, 2.05) is 0 Å². The van der Waals surface area contributed by atoms with Crippen LogP contribution in [0.3, 0.4) is 0 Å². The lowest BCUT2D eigenvalue weighted by Crippen LogP contribution is -2.45. The topological polar surface area (TPSA) is 91.9 Å². The van der Waals surface area contributed by atoms with E-state index in [2.05, 4.69) is 24.9 Å². The Bertz CT molecular complexity index is 923. The highest BCUT2D eigenvalue weighted by molar-refractivity contribution is 6.32. The van der Waals surface area contributed by atoms with Crippen molar-refractivity contribution in [1.82, 2.24) is 4.98 Å². The van der Waals surface area contributed by atoms with Crippen molar-refractivity contribution in [1.29, 1.82) is 5.26 Å². The van der Waals surface area contributed by atoms with E-state index in [4.69, 9.17) is 22.1 Å². The van der Waals surface area contributed by atoms with E-state index in [9.17, 15) is 10.1 Å². The molecule has 0 aliphatic heterocycles. The maximum absolute atomic E-state index is 12.0.